The van der Waals surface area contributed by atoms with Gasteiger partial charge in [-0.1, -0.05) is 12.1 Å². The molecule has 0 aromatic carbocycles. The molecule has 0 radical (unpaired) electrons. The second-order valence-electron chi connectivity index (χ2n) is 4.62. The molecule has 1 heterocycles. The van der Waals surface area contributed by atoms with E-state index in [9.17, 15) is 5.11 Å². The van der Waals surface area contributed by atoms with Gasteiger partial charge in [0.05, 0.1) is 5.60 Å². The number of hydrogen-bond donors (Lipinski definition) is 4. The highest BCUT2D eigenvalue weighted by atomic mass is 16.5. The molecule has 5 N–H and O–H groups in total. The number of rotatable bonds is 6. The van der Waals surface area contributed by atoms with Gasteiger partial charge in [-0.05, 0) is 6.42 Å². The molecule has 1 unspecified atom stereocenters. The Morgan fingerprint density at radius 1 is 1.53 bits per heavy atom. The monoisotopic (exact) mass is 245 g/mol. The molecule has 6 nitrogen and oxygen atoms in total. The lowest BCUT2D eigenvalue weighted by Crippen LogP contribution is -2.48. The number of ether oxygens (including phenoxy) is 1. The number of amidine groups is 1. The van der Waals surface area contributed by atoms with Crippen LogP contribution in [0.2, 0.25) is 0 Å². The molecule has 0 aromatic rings. The average molecular weight is 245 g/mol. The maximum atomic E-state index is 10.3. The van der Waals surface area contributed by atoms with Gasteiger partial charge in [-0.25, -0.2) is 0 Å². The summed E-state index contributed by atoms with van der Waals surface area (Å²) >= 11 is 0. The zero-order chi connectivity index (χ0) is 12.7. The minimum absolute atomic E-state index is 0.123. The largest absolute Gasteiger partial charge is 0.409 e. The molecular formula is C11H23N3O3. The lowest BCUT2D eigenvalue weighted by molar-refractivity contribution is -0.0627. The first kappa shape index (κ1) is 14.2. The van der Waals surface area contributed by atoms with Gasteiger partial charge in [0.15, 0.2) is 0 Å². The smallest absolute Gasteiger partial charge is 0.140 e. The summed E-state index contributed by atoms with van der Waals surface area (Å²) in [7, 11) is 0. The minimum atomic E-state index is -0.684. The van der Waals surface area contributed by atoms with Gasteiger partial charge < -0.3 is 26.1 Å². The molecule has 1 aliphatic heterocycles. The fourth-order valence-electron chi connectivity index (χ4n) is 1.92. The van der Waals surface area contributed by atoms with Crippen LogP contribution in [0.1, 0.15) is 32.6 Å². The molecule has 6 heteroatoms. The van der Waals surface area contributed by atoms with E-state index >= 15 is 0 Å². The number of nitrogens with one attached hydrogen (secondary N) is 1. The summed E-state index contributed by atoms with van der Waals surface area (Å²) < 4.78 is 5.22. The van der Waals surface area contributed by atoms with Crippen LogP contribution < -0.4 is 11.1 Å². The molecule has 1 rings (SSSR count). The van der Waals surface area contributed by atoms with Crippen molar-refractivity contribution in [2.24, 2.45) is 10.9 Å². The second kappa shape index (κ2) is 6.78. The molecule has 0 aliphatic carbocycles. The fraction of sp³-hybridized carbons (Fsp3) is 0.909. The van der Waals surface area contributed by atoms with Gasteiger partial charge in [0.25, 0.3) is 0 Å². The van der Waals surface area contributed by atoms with Crippen molar-refractivity contribution in [2.45, 2.75) is 44.2 Å². The SMILES string of the molecule is CCC(CC(N)=NO)NCC1(O)CCOCC1. The van der Waals surface area contributed by atoms with Gasteiger partial charge >= 0.3 is 0 Å². The topological polar surface area (TPSA) is 100 Å². The van der Waals surface area contributed by atoms with Crippen LogP contribution >= 0.6 is 0 Å². The van der Waals surface area contributed by atoms with E-state index < -0.39 is 5.60 Å². The summed E-state index contributed by atoms with van der Waals surface area (Å²) in [4.78, 5) is 0. The van der Waals surface area contributed by atoms with Crippen molar-refractivity contribution in [1.29, 1.82) is 0 Å². The molecule has 1 saturated heterocycles. The zero-order valence-corrected chi connectivity index (χ0v) is 10.4. The van der Waals surface area contributed by atoms with Crippen LogP contribution in [0.3, 0.4) is 0 Å². The van der Waals surface area contributed by atoms with Crippen molar-refractivity contribution in [3.8, 4) is 0 Å². The van der Waals surface area contributed by atoms with E-state index in [-0.39, 0.29) is 11.9 Å². The third-order valence-corrected chi connectivity index (χ3v) is 3.22. The lowest BCUT2D eigenvalue weighted by atomic mass is 9.94. The van der Waals surface area contributed by atoms with Gasteiger partial charge in [-0.15, -0.1) is 0 Å². The Balaban J connectivity index is 2.35. The third-order valence-electron chi connectivity index (χ3n) is 3.22. The Morgan fingerprint density at radius 2 is 2.18 bits per heavy atom. The molecule has 0 spiro atoms. The third kappa shape index (κ3) is 4.89. The molecule has 0 amide bonds. The van der Waals surface area contributed by atoms with E-state index in [1.165, 1.54) is 0 Å². The number of oxime groups is 1. The number of nitrogens with two attached hydrogens (primary N) is 1. The molecule has 0 saturated carbocycles. The molecule has 17 heavy (non-hydrogen) atoms. The first-order valence-electron chi connectivity index (χ1n) is 6.09. The van der Waals surface area contributed by atoms with E-state index in [0.29, 0.717) is 39.0 Å². The predicted molar refractivity (Wildman–Crippen MR) is 65.1 cm³/mol. The highest BCUT2D eigenvalue weighted by molar-refractivity contribution is 5.80. The molecular weight excluding hydrogens is 222 g/mol. The average Bonchev–Trinajstić information content (AvgIpc) is 2.35. The van der Waals surface area contributed by atoms with Crippen LogP contribution in [-0.4, -0.2) is 47.6 Å². The van der Waals surface area contributed by atoms with Crippen molar-refractivity contribution >= 4 is 5.84 Å². The van der Waals surface area contributed by atoms with E-state index in [1.54, 1.807) is 0 Å². The summed E-state index contributed by atoms with van der Waals surface area (Å²) in [6, 6.07) is 0.123. The Morgan fingerprint density at radius 3 is 2.71 bits per heavy atom. The first-order valence-corrected chi connectivity index (χ1v) is 6.09. The van der Waals surface area contributed by atoms with Gasteiger partial charge in [-0.2, -0.15) is 0 Å². The standard InChI is InChI=1S/C11H23N3O3/c1-2-9(7-10(12)14-16)13-8-11(15)3-5-17-6-4-11/h9,13,15-16H,2-8H2,1H3,(H2,12,14). The molecule has 0 bridgehead atoms. The van der Waals surface area contributed by atoms with Crippen LogP contribution in [0.15, 0.2) is 5.16 Å². The van der Waals surface area contributed by atoms with E-state index in [0.717, 1.165) is 6.42 Å². The zero-order valence-electron chi connectivity index (χ0n) is 10.4. The van der Waals surface area contributed by atoms with Crippen molar-refractivity contribution < 1.29 is 15.1 Å². The maximum absolute atomic E-state index is 10.3. The Kier molecular flexibility index (Phi) is 5.67. The van der Waals surface area contributed by atoms with Crippen LogP contribution in [0.25, 0.3) is 0 Å². The van der Waals surface area contributed by atoms with Crippen LogP contribution in [0.5, 0.6) is 0 Å². The Hall–Kier alpha value is -0.850. The molecule has 1 fully saturated rings. The molecule has 1 atom stereocenters. The fourth-order valence-corrected chi connectivity index (χ4v) is 1.92. The maximum Gasteiger partial charge on any atom is 0.140 e. The van der Waals surface area contributed by atoms with Crippen molar-refractivity contribution in [1.82, 2.24) is 5.32 Å². The summed E-state index contributed by atoms with van der Waals surface area (Å²) in [5.74, 6) is 0.211. The lowest BCUT2D eigenvalue weighted by Gasteiger charge is -2.33. The molecule has 0 aromatic heterocycles. The van der Waals surface area contributed by atoms with Gasteiger partial charge in [0.1, 0.15) is 5.84 Å². The number of hydrogen-bond acceptors (Lipinski definition) is 5. The second-order valence-corrected chi connectivity index (χ2v) is 4.62. The predicted octanol–water partition coefficient (Wildman–Crippen LogP) is 0.0326. The number of nitrogens with zero attached hydrogens (tertiary/aromatic N) is 1. The van der Waals surface area contributed by atoms with E-state index in [2.05, 4.69) is 10.5 Å². The van der Waals surface area contributed by atoms with Gasteiger partial charge in [0.2, 0.25) is 0 Å². The van der Waals surface area contributed by atoms with Crippen LogP contribution in [0, 0.1) is 0 Å². The van der Waals surface area contributed by atoms with Crippen LogP contribution in [0.4, 0.5) is 0 Å². The Bertz CT molecular complexity index is 252. The summed E-state index contributed by atoms with van der Waals surface area (Å²) in [5.41, 5.74) is 4.78. The van der Waals surface area contributed by atoms with Gasteiger partial charge in [-0.3, -0.25) is 0 Å². The minimum Gasteiger partial charge on any atom is -0.409 e. The quantitative estimate of drug-likeness (QED) is 0.229. The normalized spacial score (nSPS) is 22.4. The van der Waals surface area contributed by atoms with Crippen molar-refractivity contribution in [3.63, 3.8) is 0 Å². The summed E-state index contributed by atoms with van der Waals surface area (Å²) in [6.07, 6.45) is 2.66. The van der Waals surface area contributed by atoms with E-state index in [1.807, 2.05) is 6.92 Å². The first-order chi connectivity index (χ1) is 8.09. The summed E-state index contributed by atoms with van der Waals surface area (Å²) in [6.45, 7) is 3.76. The highest BCUT2D eigenvalue weighted by Gasteiger charge is 2.30. The Labute approximate surface area is 102 Å². The van der Waals surface area contributed by atoms with Crippen LogP contribution in [-0.2, 0) is 4.74 Å². The van der Waals surface area contributed by atoms with Gasteiger partial charge in [0, 0.05) is 45.1 Å². The van der Waals surface area contributed by atoms with Crippen molar-refractivity contribution in [2.75, 3.05) is 19.8 Å². The van der Waals surface area contributed by atoms with Crippen molar-refractivity contribution in [3.05, 3.63) is 0 Å². The molecule has 1 aliphatic rings. The summed E-state index contributed by atoms with van der Waals surface area (Å²) in [5, 5.41) is 25.0. The highest BCUT2D eigenvalue weighted by Crippen LogP contribution is 2.19. The van der Waals surface area contributed by atoms with E-state index in [4.69, 9.17) is 15.7 Å². The number of aliphatic hydroxyl groups is 1. The molecule has 100 valence electrons.